The summed E-state index contributed by atoms with van der Waals surface area (Å²) in [6, 6.07) is 8.55. The first-order chi connectivity index (χ1) is 23.8. The Balaban J connectivity index is 1.23. The zero-order valence-corrected chi connectivity index (χ0v) is 30.8. The molecule has 0 bridgehead atoms. The first kappa shape index (κ1) is 34.9. The average molecular weight is 704 g/mol. The Morgan fingerprint density at radius 3 is 2.20 bits per heavy atom. The Morgan fingerprint density at radius 1 is 0.882 bits per heavy atom. The fraction of sp³-hybridized carbons (Fsp3) is 0.651. The van der Waals surface area contributed by atoms with Crippen molar-refractivity contribution < 1.29 is 32.7 Å². The third-order valence-electron chi connectivity index (χ3n) is 16.9. The smallest absolute Gasteiger partial charge is 0.416 e. The third-order valence-corrected chi connectivity index (χ3v) is 16.9. The van der Waals surface area contributed by atoms with Crippen molar-refractivity contribution in [1.82, 2.24) is 0 Å². The number of carboxylic acids is 1. The lowest BCUT2D eigenvalue weighted by molar-refractivity contribution is -0.230. The molecule has 1 aliphatic heterocycles. The summed E-state index contributed by atoms with van der Waals surface area (Å²) in [4.78, 5) is 42.4. The van der Waals surface area contributed by atoms with Crippen molar-refractivity contribution in [3.05, 3.63) is 65.3 Å². The number of benzene rings is 1. The van der Waals surface area contributed by atoms with Crippen LogP contribution in [0.3, 0.4) is 0 Å². The van der Waals surface area contributed by atoms with Gasteiger partial charge in [0.1, 0.15) is 0 Å². The first-order valence-electron chi connectivity index (χ1n) is 19.1. The fourth-order valence-corrected chi connectivity index (χ4v) is 14.7. The van der Waals surface area contributed by atoms with Gasteiger partial charge < -0.3 is 5.11 Å². The second-order valence-electron chi connectivity index (χ2n) is 18.9. The number of carbonyl (C=O) groups is 3. The number of carbonyl (C=O) groups excluding carboxylic acids is 2. The van der Waals surface area contributed by atoms with Crippen LogP contribution in [0.4, 0.5) is 18.9 Å². The van der Waals surface area contributed by atoms with Gasteiger partial charge >= 0.3 is 12.1 Å². The highest BCUT2D eigenvalue weighted by molar-refractivity contribution is 6.24. The van der Waals surface area contributed by atoms with Gasteiger partial charge in [-0.25, -0.2) is 4.90 Å². The largest absolute Gasteiger partial charge is 0.481 e. The van der Waals surface area contributed by atoms with Gasteiger partial charge in [-0.2, -0.15) is 13.2 Å². The quantitative estimate of drug-likeness (QED) is 0.251. The number of carboxylic acid groups (broad SMARTS) is 1. The predicted molar refractivity (Wildman–Crippen MR) is 189 cm³/mol. The van der Waals surface area contributed by atoms with Gasteiger partial charge in [-0.3, -0.25) is 14.4 Å². The van der Waals surface area contributed by atoms with Crippen LogP contribution in [0.2, 0.25) is 0 Å². The summed E-state index contributed by atoms with van der Waals surface area (Å²) < 4.78 is 45.8. The van der Waals surface area contributed by atoms with E-state index in [2.05, 4.69) is 27.4 Å². The molecule has 7 aliphatic rings. The number of hydrogen-bond acceptors (Lipinski definition) is 3. The number of fused-ring (bicyclic) bond motifs is 9. The SMILES string of the molecule is C=C(C)[C@@H]1CC[C@]2(C(=O)O)CC[C@]3(C)[C@H](CC[C@@H]4[C@@]5(C)CC6=C(C7C(=O)N(c8ccccc8)C(=O)C7C=C6C(F)(F)F)C(C)(C)[C@@H]5CC[C@]43C)[C@@H]12. The van der Waals surface area contributed by atoms with Gasteiger partial charge in [0.15, 0.2) is 0 Å². The van der Waals surface area contributed by atoms with E-state index in [1.807, 2.05) is 20.8 Å². The van der Waals surface area contributed by atoms with Crippen molar-refractivity contribution in [1.29, 1.82) is 0 Å². The van der Waals surface area contributed by atoms with Crippen LogP contribution < -0.4 is 4.90 Å². The van der Waals surface area contributed by atoms with Gasteiger partial charge in [-0.05, 0) is 139 Å². The average Bonchev–Trinajstić information content (AvgIpc) is 3.56. The van der Waals surface area contributed by atoms with E-state index in [0.717, 1.165) is 55.1 Å². The predicted octanol–water partition coefficient (Wildman–Crippen LogP) is 9.94. The molecule has 0 radical (unpaired) electrons. The van der Waals surface area contributed by atoms with E-state index in [-0.39, 0.29) is 52.4 Å². The molecule has 1 heterocycles. The van der Waals surface area contributed by atoms with E-state index < -0.39 is 57.6 Å². The molecule has 1 saturated heterocycles. The molecule has 0 aromatic heterocycles. The van der Waals surface area contributed by atoms with E-state index in [1.165, 1.54) is 0 Å². The second kappa shape index (κ2) is 10.7. The van der Waals surface area contributed by atoms with Crippen LogP contribution in [0.15, 0.2) is 65.3 Å². The summed E-state index contributed by atoms with van der Waals surface area (Å²) in [6.07, 6.45) is 2.99. The Kier molecular flexibility index (Phi) is 7.33. The van der Waals surface area contributed by atoms with Crippen LogP contribution in [0, 0.1) is 68.5 Å². The number of nitrogens with zero attached hydrogens (tertiary/aromatic N) is 1. The van der Waals surface area contributed by atoms with Crippen molar-refractivity contribution in [2.75, 3.05) is 4.90 Å². The first-order valence-corrected chi connectivity index (χ1v) is 19.1. The summed E-state index contributed by atoms with van der Waals surface area (Å²) in [7, 11) is 0. The van der Waals surface area contributed by atoms with Crippen molar-refractivity contribution in [2.45, 2.75) is 106 Å². The minimum atomic E-state index is -4.68. The number of hydrogen-bond donors (Lipinski definition) is 1. The van der Waals surface area contributed by atoms with Gasteiger partial charge in [-0.1, -0.05) is 71.0 Å². The lowest BCUT2D eigenvalue weighted by Crippen LogP contribution is -2.66. The van der Waals surface area contributed by atoms with Crippen LogP contribution in [-0.4, -0.2) is 29.1 Å². The zero-order valence-electron chi connectivity index (χ0n) is 30.8. The van der Waals surface area contributed by atoms with Crippen LogP contribution in [0.1, 0.15) is 99.3 Å². The topological polar surface area (TPSA) is 74.7 Å². The number of allylic oxidation sites excluding steroid dienone is 3. The highest BCUT2D eigenvalue weighted by atomic mass is 19.4. The number of para-hydroxylation sites is 1. The normalized spacial score (nSPS) is 44.1. The highest BCUT2D eigenvalue weighted by Crippen LogP contribution is 2.78. The molecular weight excluding hydrogens is 651 g/mol. The number of halogens is 3. The Labute approximate surface area is 299 Å². The zero-order chi connectivity index (χ0) is 36.8. The molecule has 1 N–H and O–H groups in total. The summed E-state index contributed by atoms with van der Waals surface area (Å²) in [5.74, 6) is -3.34. The van der Waals surface area contributed by atoms with Crippen molar-refractivity contribution in [3.63, 3.8) is 0 Å². The number of alkyl halides is 3. The van der Waals surface area contributed by atoms with Gasteiger partial charge in [0.2, 0.25) is 11.8 Å². The minimum Gasteiger partial charge on any atom is -0.481 e. The number of aliphatic carboxylic acids is 1. The molecule has 8 heteroatoms. The molecule has 5 nitrogen and oxygen atoms in total. The molecule has 11 atom stereocenters. The van der Waals surface area contributed by atoms with Crippen molar-refractivity contribution in [3.8, 4) is 0 Å². The molecule has 51 heavy (non-hydrogen) atoms. The molecule has 2 unspecified atom stereocenters. The maximum absolute atomic E-state index is 15.3. The van der Waals surface area contributed by atoms with E-state index in [1.54, 1.807) is 30.3 Å². The van der Waals surface area contributed by atoms with E-state index in [9.17, 15) is 19.5 Å². The fourth-order valence-electron chi connectivity index (χ4n) is 14.7. The van der Waals surface area contributed by atoms with Crippen LogP contribution >= 0.6 is 0 Å². The van der Waals surface area contributed by atoms with E-state index >= 15 is 13.2 Å². The molecule has 5 fully saturated rings. The van der Waals surface area contributed by atoms with Gasteiger partial charge in [0.05, 0.1) is 28.5 Å². The lowest BCUT2D eigenvalue weighted by atomic mass is 9.31. The van der Waals surface area contributed by atoms with Gasteiger partial charge in [-0.15, -0.1) is 0 Å². The Hall–Kier alpha value is -3.16. The molecule has 274 valence electrons. The van der Waals surface area contributed by atoms with E-state index in [4.69, 9.17) is 0 Å². The lowest BCUT2D eigenvalue weighted by Gasteiger charge is -2.72. The molecule has 2 amide bonds. The minimum absolute atomic E-state index is 0.0141. The maximum Gasteiger partial charge on any atom is 0.416 e. The monoisotopic (exact) mass is 703 g/mol. The maximum atomic E-state index is 15.3. The number of imide groups is 1. The standard InChI is InChI=1S/C43H52F3NO4/c1-23(2)25-15-18-42(37(50)51)20-19-40(6)28(33(25)42)13-14-31-39(5)22-27-29(43(44,45)46)21-26-32(34(27)38(3,4)30(39)16-17-41(31,40)7)36(49)47(35(26)48)24-11-9-8-10-12-24/h8-12,21,25-26,28,30-33H,1,13-20,22H2,2-7H3,(H,50,51)/t25-,26?,28+,30-,31+,32?,33+,39-,40+,41+,42-/m0/s1. The van der Waals surface area contributed by atoms with E-state index in [0.29, 0.717) is 24.1 Å². The number of amides is 2. The number of anilines is 1. The molecule has 6 aliphatic carbocycles. The van der Waals surface area contributed by atoms with Crippen molar-refractivity contribution >= 4 is 23.5 Å². The van der Waals surface area contributed by atoms with Crippen LogP contribution in [0.5, 0.6) is 0 Å². The van der Waals surface area contributed by atoms with Crippen molar-refractivity contribution in [2.24, 2.45) is 68.5 Å². The van der Waals surface area contributed by atoms with Gasteiger partial charge in [0.25, 0.3) is 0 Å². The number of rotatable bonds is 3. The Morgan fingerprint density at radius 2 is 1.57 bits per heavy atom. The molecule has 1 aromatic carbocycles. The third kappa shape index (κ3) is 4.25. The summed E-state index contributed by atoms with van der Waals surface area (Å²) in [5, 5.41) is 10.7. The molecule has 1 aromatic rings. The van der Waals surface area contributed by atoms with Gasteiger partial charge in [0, 0.05) is 0 Å². The summed E-state index contributed by atoms with van der Waals surface area (Å²) in [6.45, 7) is 17.5. The molecular formula is C43H52F3NO4. The summed E-state index contributed by atoms with van der Waals surface area (Å²) >= 11 is 0. The Bertz CT molecular complexity index is 1810. The summed E-state index contributed by atoms with van der Waals surface area (Å²) in [5.41, 5.74) is -0.913. The van der Waals surface area contributed by atoms with Crippen LogP contribution in [0.25, 0.3) is 0 Å². The molecule has 8 rings (SSSR count). The molecule has 4 saturated carbocycles. The highest BCUT2D eigenvalue weighted by Gasteiger charge is 2.73. The molecule has 0 spiro atoms. The van der Waals surface area contributed by atoms with Crippen LogP contribution in [-0.2, 0) is 14.4 Å². The second-order valence-corrected chi connectivity index (χ2v) is 18.9.